The zero-order valence-electron chi connectivity index (χ0n) is 22.8. The second-order valence-corrected chi connectivity index (χ2v) is 10.3. The van der Waals surface area contributed by atoms with Crippen LogP contribution in [0.3, 0.4) is 0 Å². The van der Waals surface area contributed by atoms with Crippen LogP contribution >= 0.6 is 0 Å². The number of hydrogen-bond acceptors (Lipinski definition) is 5. The van der Waals surface area contributed by atoms with Gasteiger partial charge in [0.05, 0.1) is 17.7 Å². The van der Waals surface area contributed by atoms with Gasteiger partial charge in [-0.15, -0.1) is 0 Å². The van der Waals surface area contributed by atoms with Crippen LogP contribution in [-0.2, 0) is 17.8 Å². The Balaban J connectivity index is 1.80. The Hall–Kier alpha value is -3.91. The number of hydrogen-bond donors (Lipinski definition) is 1. The molecule has 4 rings (SSSR count). The quantitative estimate of drug-likeness (QED) is 0.271. The van der Waals surface area contributed by atoms with E-state index in [0.717, 1.165) is 28.5 Å². The highest BCUT2D eigenvalue weighted by atomic mass is 19.1. The first-order chi connectivity index (χ1) is 18.5. The smallest absolute Gasteiger partial charge is 0.261 e. The lowest BCUT2D eigenvalue weighted by Crippen LogP contribution is -2.35. The average Bonchev–Trinajstić information content (AvgIpc) is 2.87. The van der Waals surface area contributed by atoms with Crippen molar-refractivity contribution in [3.63, 3.8) is 0 Å². The second kappa shape index (κ2) is 11.9. The molecule has 4 aromatic rings. The van der Waals surface area contributed by atoms with Gasteiger partial charge < -0.3 is 9.84 Å². The van der Waals surface area contributed by atoms with Crippen LogP contribution in [0, 0.1) is 24.5 Å². The van der Waals surface area contributed by atoms with Crippen molar-refractivity contribution in [3.05, 3.63) is 111 Å². The molecule has 2 aromatic carbocycles. The first-order valence-corrected chi connectivity index (χ1v) is 13.0. The largest absolute Gasteiger partial charge is 0.493 e. The molecule has 2 heterocycles. The van der Waals surface area contributed by atoms with Gasteiger partial charge in [-0.2, -0.15) is 4.98 Å². The standard InChI is InChI=1S/C31H33F2N3O3/c1-18(2)29(23-14-24(32)16-25(33)15-23)36-28(17-39-19(3)4)35-30(37)27(31(36)38)13-21-8-10-22(11-9-21)26-7-6-12-34-20(26)5/h6-12,14-16,18-19,29,37H,13,17H2,1-5H3/t29-/m0/s1. The van der Waals surface area contributed by atoms with Gasteiger partial charge in [0.25, 0.3) is 5.56 Å². The van der Waals surface area contributed by atoms with E-state index >= 15 is 0 Å². The highest BCUT2D eigenvalue weighted by molar-refractivity contribution is 5.65. The summed E-state index contributed by atoms with van der Waals surface area (Å²) in [4.78, 5) is 22.7. The molecule has 6 nitrogen and oxygen atoms in total. The maximum absolute atomic E-state index is 14.2. The molecule has 0 unspecified atom stereocenters. The normalized spacial score (nSPS) is 12.3. The lowest BCUT2D eigenvalue weighted by atomic mass is 9.94. The molecule has 0 bridgehead atoms. The number of halogens is 2. The molecule has 0 aliphatic carbocycles. The highest BCUT2D eigenvalue weighted by Crippen LogP contribution is 2.30. The fraction of sp³-hybridized carbons (Fsp3) is 0.323. The Kier molecular flexibility index (Phi) is 8.55. The Morgan fingerprint density at radius 2 is 1.67 bits per heavy atom. The Morgan fingerprint density at radius 3 is 2.26 bits per heavy atom. The minimum Gasteiger partial charge on any atom is -0.493 e. The lowest BCUT2D eigenvalue weighted by Gasteiger charge is -2.27. The number of aryl methyl sites for hydroxylation is 1. The Labute approximate surface area is 227 Å². The van der Waals surface area contributed by atoms with E-state index in [0.29, 0.717) is 5.56 Å². The summed E-state index contributed by atoms with van der Waals surface area (Å²) in [6.45, 7) is 9.29. The number of aromatic hydroxyl groups is 1. The molecule has 8 heteroatoms. The van der Waals surface area contributed by atoms with Gasteiger partial charge in [0.2, 0.25) is 5.88 Å². The van der Waals surface area contributed by atoms with Crippen molar-refractivity contribution < 1.29 is 18.6 Å². The monoisotopic (exact) mass is 533 g/mol. The minimum absolute atomic E-state index is 0.0546. The molecule has 0 fully saturated rings. The van der Waals surface area contributed by atoms with Crippen molar-refractivity contribution >= 4 is 0 Å². The maximum Gasteiger partial charge on any atom is 0.261 e. The predicted octanol–water partition coefficient (Wildman–Crippen LogP) is 6.36. The summed E-state index contributed by atoms with van der Waals surface area (Å²) in [6, 6.07) is 14.0. The van der Waals surface area contributed by atoms with Gasteiger partial charge in [0.15, 0.2) is 0 Å². The summed E-state index contributed by atoms with van der Waals surface area (Å²) in [5.41, 5.74) is 3.60. The van der Waals surface area contributed by atoms with Crippen LogP contribution in [0.15, 0.2) is 65.6 Å². The van der Waals surface area contributed by atoms with Crippen molar-refractivity contribution in [1.82, 2.24) is 14.5 Å². The van der Waals surface area contributed by atoms with E-state index in [4.69, 9.17) is 4.74 Å². The molecule has 0 saturated carbocycles. The summed E-state index contributed by atoms with van der Waals surface area (Å²) < 4.78 is 35.6. The van der Waals surface area contributed by atoms with E-state index in [1.54, 1.807) is 6.20 Å². The molecular weight excluding hydrogens is 500 g/mol. The number of pyridine rings is 1. The topological polar surface area (TPSA) is 77.2 Å². The van der Waals surface area contributed by atoms with E-state index in [-0.39, 0.29) is 36.4 Å². The molecule has 1 N–H and O–H groups in total. The molecule has 2 aromatic heterocycles. The Bertz CT molecular complexity index is 1490. The summed E-state index contributed by atoms with van der Waals surface area (Å²) in [5.74, 6) is -1.92. The van der Waals surface area contributed by atoms with Gasteiger partial charge in [0.1, 0.15) is 24.1 Å². The van der Waals surface area contributed by atoms with E-state index < -0.39 is 29.1 Å². The first kappa shape index (κ1) is 28.1. The maximum atomic E-state index is 14.2. The SMILES string of the molecule is Cc1ncccc1-c1ccc(Cc2c(O)nc(COC(C)C)n([C@H](c3cc(F)cc(F)c3)C(C)C)c2=O)cc1. The third-order valence-electron chi connectivity index (χ3n) is 6.59. The summed E-state index contributed by atoms with van der Waals surface area (Å²) in [5, 5.41) is 10.9. The lowest BCUT2D eigenvalue weighted by molar-refractivity contribution is 0.0570. The van der Waals surface area contributed by atoms with Crippen molar-refractivity contribution in [1.29, 1.82) is 0 Å². The van der Waals surface area contributed by atoms with Crippen molar-refractivity contribution in [2.24, 2.45) is 5.92 Å². The Morgan fingerprint density at radius 1 is 1.00 bits per heavy atom. The van der Waals surface area contributed by atoms with E-state index in [2.05, 4.69) is 9.97 Å². The molecule has 1 atom stereocenters. The number of benzene rings is 2. The van der Waals surface area contributed by atoms with Crippen LogP contribution < -0.4 is 5.56 Å². The van der Waals surface area contributed by atoms with Crippen molar-refractivity contribution in [2.45, 2.75) is 59.8 Å². The van der Waals surface area contributed by atoms with E-state index in [1.807, 2.05) is 71.0 Å². The number of aromatic nitrogens is 3. The summed E-state index contributed by atoms with van der Waals surface area (Å²) in [6.07, 6.45) is 1.70. The fourth-order valence-corrected chi connectivity index (χ4v) is 4.76. The zero-order chi connectivity index (χ0) is 28.3. The van der Waals surface area contributed by atoms with Crippen LogP contribution in [0.1, 0.15) is 61.9 Å². The van der Waals surface area contributed by atoms with E-state index in [1.165, 1.54) is 16.7 Å². The van der Waals surface area contributed by atoms with Crippen LogP contribution in [0.2, 0.25) is 0 Å². The van der Waals surface area contributed by atoms with Crippen LogP contribution in [0.25, 0.3) is 11.1 Å². The van der Waals surface area contributed by atoms with Crippen molar-refractivity contribution in [2.75, 3.05) is 0 Å². The van der Waals surface area contributed by atoms with Crippen molar-refractivity contribution in [3.8, 4) is 17.0 Å². The molecule has 0 aliphatic heterocycles. The minimum atomic E-state index is -0.740. The number of nitrogens with zero attached hydrogens (tertiary/aromatic N) is 3. The van der Waals surface area contributed by atoms with Crippen LogP contribution in [-0.4, -0.2) is 25.7 Å². The van der Waals surface area contributed by atoms with Crippen LogP contribution in [0.4, 0.5) is 8.78 Å². The summed E-state index contributed by atoms with van der Waals surface area (Å²) in [7, 11) is 0. The van der Waals surface area contributed by atoms with E-state index in [9.17, 15) is 18.7 Å². The molecular formula is C31H33F2N3O3. The fourth-order valence-electron chi connectivity index (χ4n) is 4.76. The van der Waals surface area contributed by atoms with Gasteiger partial charge in [-0.25, -0.2) is 8.78 Å². The molecule has 0 radical (unpaired) electrons. The molecule has 0 amide bonds. The predicted molar refractivity (Wildman–Crippen MR) is 147 cm³/mol. The third-order valence-corrected chi connectivity index (χ3v) is 6.59. The average molecular weight is 534 g/mol. The summed E-state index contributed by atoms with van der Waals surface area (Å²) >= 11 is 0. The number of ether oxygens (including phenoxy) is 1. The zero-order valence-corrected chi connectivity index (χ0v) is 22.8. The molecule has 0 aliphatic rings. The third kappa shape index (κ3) is 6.40. The molecule has 204 valence electrons. The first-order valence-electron chi connectivity index (χ1n) is 13.0. The van der Waals surface area contributed by atoms with Gasteiger partial charge >= 0.3 is 0 Å². The van der Waals surface area contributed by atoms with Gasteiger partial charge in [-0.05, 0) is 61.6 Å². The molecule has 0 saturated heterocycles. The van der Waals surface area contributed by atoms with Gasteiger partial charge in [0, 0.05) is 29.9 Å². The number of rotatable bonds is 9. The van der Waals surface area contributed by atoms with Gasteiger partial charge in [-0.3, -0.25) is 14.3 Å². The van der Waals surface area contributed by atoms with Crippen LogP contribution in [0.5, 0.6) is 5.88 Å². The second-order valence-electron chi connectivity index (χ2n) is 10.3. The highest BCUT2D eigenvalue weighted by Gasteiger charge is 2.27. The molecule has 0 spiro atoms. The van der Waals surface area contributed by atoms with Gasteiger partial charge in [-0.1, -0.05) is 44.2 Å². The molecule has 39 heavy (non-hydrogen) atoms.